The van der Waals surface area contributed by atoms with Crippen LogP contribution in [0.5, 0.6) is 0 Å². The molecule has 5 heteroatoms. The third-order valence-electron chi connectivity index (χ3n) is 3.02. The van der Waals surface area contributed by atoms with Crippen LogP contribution in [0.15, 0.2) is 53.1 Å². The number of nitrogens with two attached hydrogens (primary N) is 1. The van der Waals surface area contributed by atoms with Gasteiger partial charge in [-0.1, -0.05) is 18.2 Å². The van der Waals surface area contributed by atoms with Crippen LogP contribution in [0.25, 0.3) is 10.9 Å². The van der Waals surface area contributed by atoms with E-state index in [1.54, 1.807) is 12.1 Å². The van der Waals surface area contributed by atoms with Crippen molar-refractivity contribution in [3.05, 3.63) is 60.2 Å². The molecule has 1 aromatic carbocycles. The first kappa shape index (κ1) is 11.6. The van der Waals surface area contributed by atoms with E-state index in [2.05, 4.69) is 10.6 Å². The zero-order valence-electron chi connectivity index (χ0n) is 10.2. The number of fused-ring (bicyclic) bond motifs is 1. The zero-order chi connectivity index (χ0) is 13.2. The minimum atomic E-state index is -0.427. The second kappa shape index (κ2) is 4.62. The molecule has 3 aromatic rings. The fraction of sp³-hybridized carbons (Fsp3) is 0.0714. The molecule has 0 atom stereocenters. The van der Waals surface area contributed by atoms with Crippen molar-refractivity contribution in [1.29, 1.82) is 0 Å². The maximum absolute atomic E-state index is 11.3. The molecule has 0 aliphatic rings. The highest BCUT2D eigenvalue weighted by Gasteiger charge is 2.10. The summed E-state index contributed by atoms with van der Waals surface area (Å²) in [7, 11) is 0. The first-order valence-corrected chi connectivity index (χ1v) is 5.91. The predicted molar refractivity (Wildman–Crippen MR) is 71.4 cm³/mol. The topological polar surface area (TPSA) is 73.2 Å². The van der Waals surface area contributed by atoms with Crippen LogP contribution in [0.3, 0.4) is 0 Å². The van der Waals surface area contributed by atoms with Crippen LogP contribution in [-0.2, 0) is 6.54 Å². The number of hydrogen-bond donors (Lipinski definition) is 2. The van der Waals surface area contributed by atoms with E-state index in [9.17, 15) is 4.79 Å². The van der Waals surface area contributed by atoms with E-state index in [0.717, 1.165) is 5.52 Å². The van der Waals surface area contributed by atoms with Gasteiger partial charge in [0, 0.05) is 11.7 Å². The van der Waals surface area contributed by atoms with E-state index < -0.39 is 5.91 Å². The number of benzene rings is 1. The zero-order valence-corrected chi connectivity index (χ0v) is 10.2. The lowest BCUT2D eigenvalue weighted by Crippen LogP contribution is -2.29. The molecule has 0 saturated heterocycles. The SMILES string of the molecule is NNC(=O)c1ccc(Cn2ccc3ccccc32)o1. The van der Waals surface area contributed by atoms with Gasteiger partial charge in [-0.15, -0.1) is 0 Å². The number of carbonyl (C=O) groups excluding carboxylic acids is 1. The lowest BCUT2D eigenvalue weighted by molar-refractivity contribution is 0.0924. The van der Waals surface area contributed by atoms with Crippen LogP contribution < -0.4 is 11.3 Å². The summed E-state index contributed by atoms with van der Waals surface area (Å²) >= 11 is 0. The highest BCUT2D eigenvalue weighted by molar-refractivity contribution is 5.90. The van der Waals surface area contributed by atoms with Crippen molar-refractivity contribution < 1.29 is 9.21 Å². The number of rotatable bonds is 3. The molecule has 0 radical (unpaired) electrons. The summed E-state index contributed by atoms with van der Waals surface area (Å²) in [5, 5.41) is 1.17. The highest BCUT2D eigenvalue weighted by Crippen LogP contribution is 2.17. The molecule has 19 heavy (non-hydrogen) atoms. The summed E-state index contributed by atoms with van der Waals surface area (Å²) < 4.78 is 7.51. The normalized spacial score (nSPS) is 10.8. The third kappa shape index (κ3) is 2.11. The number of nitrogens with zero attached hydrogens (tertiary/aromatic N) is 1. The van der Waals surface area contributed by atoms with Gasteiger partial charge in [0.15, 0.2) is 5.76 Å². The van der Waals surface area contributed by atoms with Crippen molar-refractivity contribution >= 4 is 16.8 Å². The van der Waals surface area contributed by atoms with Gasteiger partial charge in [-0.05, 0) is 29.7 Å². The van der Waals surface area contributed by atoms with Crippen LogP contribution in [0.1, 0.15) is 16.3 Å². The van der Waals surface area contributed by atoms with Gasteiger partial charge in [-0.25, -0.2) is 5.84 Å². The number of hydrogen-bond acceptors (Lipinski definition) is 3. The molecule has 0 saturated carbocycles. The Labute approximate surface area is 109 Å². The Morgan fingerprint density at radius 2 is 2.05 bits per heavy atom. The summed E-state index contributed by atoms with van der Waals surface area (Å²) in [6.45, 7) is 0.575. The van der Waals surface area contributed by atoms with Gasteiger partial charge in [-0.2, -0.15) is 0 Å². The van der Waals surface area contributed by atoms with Gasteiger partial charge in [0.05, 0.1) is 6.54 Å². The Bertz CT molecular complexity index is 727. The van der Waals surface area contributed by atoms with Crippen molar-refractivity contribution in [3.8, 4) is 0 Å². The fourth-order valence-electron chi connectivity index (χ4n) is 2.10. The monoisotopic (exact) mass is 255 g/mol. The minimum Gasteiger partial charge on any atom is -0.454 e. The molecule has 0 aliphatic heterocycles. The second-order valence-corrected chi connectivity index (χ2v) is 4.24. The molecule has 3 rings (SSSR count). The van der Waals surface area contributed by atoms with Gasteiger partial charge in [0.1, 0.15) is 5.76 Å². The fourth-order valence-corrected chi connectivity index (χ4v) is 2.10. The molecule has 2 aromatic heterocycles. The van der Waals surface area contributed by atoms with Gasteiger partial charge >= 0.3 is 5.91 Å². The van der Waals surface area contributed by atoms with Crippen LogP contribution in [0.2, 0.25) is 0 Å². The maximum atomic E-state index is 11.3. The summed E-state index contributed by atoms with van der Waals surface area (Å²) in [4.78, 5) is 11.3. The first-order chi connectivity index (χ1) is 9.28. The first-order valence-electron chi connectivity index (χ1n) is 5.91. The molecule has 0 bridgehead atoms. The maximum Gasteiger partial charge on any atom is 0.300 e. The molecule has 2 heterocycles. The van der Waals surface area contributed by atoms with E-state index in [0.29, 0.717) is 12.3 Å². The summed E-state index contributed by atoms with van der Waals surface area (Å²) in [6.07, 6.45) is 2.00. The van der Waals surface area contributed by atoms with Crippen molar-refractivity contribution in [2.75, 3.05) is 0 Å². The largest absolute Gasteiger partial charge is 0.454 e. The minimum absolute atomic E-state index is 0.217. The average Bonchev–Trinajstić information content (AvgIpc) is 3.06. The van der Waals surface area contributed by atoms with E-state index in [-0.39, 0.29) is 5.76 Å². The number of nitrogens with one attached hydrogen (secondary N) is 1. The Morgan fingerprint density at radius 1 is 1.21 bits per heavy atom. The Morgan fingerprint density at radius 3 is 2.89 bits per heavy atom. The van der Waals surface area contributed by atoms with Crippen molar-refractivity contribution in [3.63, 3.8) is 0 Å². The molecule has 3 N–H and O–H groups in total. The summed E-state index contributed by atoms with van der Waals surface area (Å²) in [6, 6.07) is 13.5. The quantitative estimate of drug-likeness (QED) is 0.426. The summed E-state index contributed by atoms with van der Waals surface area (Å²) in [5.41, 5.74) is 3.17. The number of furan rings is 1. The van der Waals surface area contributed by atoms with Crippen molar-refractivity contribution in [1.82, 2.24) is 9.99 Å². The van der Waals surface area contributed by atoms with Crippen LogP contribution in [0, 0.1) is 0 Å². The smallest absolute Gasteiger partial charge is 0.300 e. The lowest BCUT2D eigenvalue weighted by atomic mass is 10.2. The summed E-state index contributed by atoms with van der Waals surface area (Å²) in [5.74, 6) is 5.56. The van der Waals surface area contributed by atoms with Gasteiger partial charge in [-0.3, -0.25) is 10.2 Å². The molecule has 1 amide bonds. The molecule has 5 nitrogen and oxygen atoms in total. The van der Waals surface area contributed by atoms with Crippen LogP contribution in [0.4, 0.5) is 0 Å². The molecular weight excluding hydrogens is 242 g/mol. The number of nitrogen functional groups attached to an aromatic ring is 1. The molecular formula is C14H13N3O2. The Kier molecular flexibility index (Phi) is 2.81. The molecule has 0 fully saturated rings. The Balaban J connectivity index is 1.89. The number of para-hydroxylation sites is 1. The second-order valence-electron chi connectivity index (χ2n) is 4.24. The molecule has 0 unspecified atom stereocenters. The van der Waals surface area contributed by atoms with Crippen molar-refractivity contribution in [2.45, 2.75) is 6.54 Å². The molecule has 0 spiro atoms. The average molecular weight is 255 g/mol. The number of carbonyl (C=O) groups is 1. The number of hydrazine groups is 1. The van der Waals surface area contributed by atoms with Gasteiger partial charge in [0.2, 0.25) is 0 Å². The third-order valence-corrected chi connectivity index (χ3v) is 3.02. The predicted octanol–water partition coefficient (Wildman–Crippen LogP) is 1.89. The van der Waals surface area contributed by atoms with Gasteiger partial charge in [0.25, 0.3) is 0 Å². The van der Waals surface area contributed by atoms with E-state index in [1.165, 1.54) is 5.39 Å². The number of aromatic nitrogens is 1. The number of amides is 1. The van der Waals surface area contributed by atoms with Crippen LogP contribution in [-0.4, -0.2) is 10.5 Å². The Hall–Kier alpha value is -2.53. The van der Waals surface area contributed by atoms with E-state index >= 15 is 0 Å². The van der Waals surface area contributed by atoms with Crippen LogP contribution >= 0.6 is 0 Å². The van der Waals surface area contributed by atoms with E-state index in [4.69, 9.17) is 10.3 Å². The van der Waals surface area contributed by atoms with Crippen molar-refractivity contribution in [2.24, 2.45) is 5.84 Å². The lowest BCUT2D eigenvalue weighted by Gasteiger charge is -2.02. The van der Waals surface area contributed by atoms with E-state index in [1.807, 2.05) is 35.9 Å². The standard InChI is InChI=1S/C14H13N3O2/c15-16-14(18)13-6-5-11(19-13)9-17-8-7-10-3-1-2-4-12(10)17/h1-8H,9,15H2,(H,16,18). The highest BCUT2D eigenvalue weighted by atomic mass is 16.4. The van der Waals surface area contributed by atoms with Gasteiger partial charge < -0.3 is 8.98 Å². The molecule has 96 valence electrons. The molecule has 0 aliphatic carbocycles.